The molecule has 0 spiro atoms. The molecule has 2 aromatic carbocycles. The Hall–Kier alpha value is -3.35. The van der Waals surface area contributed by atoms with E-state index in [9.17, 15) is 19.5 Å². The Morgan fingerprint density at radius 3 is 2.52 bits per heavy atom. The predicted molar refractivity (Wildman–Crippen MR) is 98.4 cm³/mol. The van der Waals surface area contributed by atoms with Crippen molar-refractivity contribution >= 4 is 23.5 Å². The number of hydrogen-bond acceptors (Lipinski definition) is 4. The first-order chi connectivity index (χ1) is 13.0. The highest BCUT2D eigenvalue weighted by atomic mass is 16.5. The lowest BCUT2D eigenvalue weighted by atomic mass is 10.0. The quantitative estimate of drug-likeness (QED) is 0.812. The third kappa shape index (κ3) is 4.25. The fraction of sp³-hybridized carbons (Fsp3) is 0.250. The highest BCUT2D eigenvalue weighted by molar-refractivity contribution is 6.00. The number of hydrogen-bond donors (Lipinski definition) is 2. The van der Waals surface area contributed by atoms with Crippen LogP contribution in [0.15, 0.2) is 54.6 Å². The van der Waals surface area contributed by atoms with Crippen molar-refractivity contribution in [3.05, 3.63) is 60.2 Å². The second-order valence-corrected chi connectivity index (χ2v) is 6.34. The van der Waals surface area contributed by atoms with E-state index in [1.807, 2.05) is 30.3 Å². The van der Waals surface area contributed by atoms with E-state index in [2.05, 4.69) is 5.32 Å². The summed E-state index contributed by atoms with van der Waals surface area (Å²) < 4.78 is 5.62. The number of nitrogens with zero attached hydrogens (tertiary/aromatic N) is 1. The van der Waals surface area contributed by atoms with Gasteiger partial charge in [0.15, 0.2) is 6.10 Å². The van der Waals surface area contributed by atoms with Gasteiger partial charge in [0.2, 0.25) is 5.91 Å². The first kappa shape index (κ1) is 18.4. The van der Waals surface area contributed by atoms with Crippen molar-refractivity contribution in [2.45, 2.75) is 25.0 Å². The molecule has 27 heavy (non-hydrogen) atoms. The lowest BCUT2D eigenvalue weighted by Crippen LogP contribution is -2.47. The van der Waals surface area contributed by atoms with E-state index in [-0.39, 0.29) is 12.8 Å². The molecule has 3 rings (SSSR count). The molecule has 2 amide bonds. The molecule has 0 bridgehead atoms. The van der Waals surface area contributed by atoms with E-state index in [0.717, 1.165) is 10.5 Å². The van der Waals surface area contributed by atoms with Crippen LogP contribution < -0.4 is 10.1 Å². The van der Waals surface area contributed by atoms with Crippen LogP contribution in [0.25, 0.3) is 0 Å². The Balaban J connectivity index is 1.68. The number of amides is 2. The van der Waals surface area contributed by atoms with Crippen LogP contribution in [0.2, 0.25) is 0 Å². The highest BCUT2D eigenvalue weighted by Crippen LogP contribution is 2.29. The van der Waals surface area contributed by atoms with Gasteiger partial charge in [-0.05, 0) is 17.7 Å². The average Bonchev–Trinajstić information content (AvgIpc) is 2.66. The van der Waals surface area contributed by atoms with Gasteiger partial charge in [-0.3, -0.25) is 9.59 Å². The number of carbonyl (C=O) groups excluding carboxylic acids is 2. The van der Waals surface area contributed by atoms with E-state index in [1.54, 1.807) is 24.3 Å². The summed E-state index contributed by atoms with van der Waals surface area (Å²) in [6, 6.07) is 15.0. The standard InChI is InChI=1S/C20H20N2O5/c1-22(15(20(25)26)11-13-7-3-2-4-8-13)18(23)12-17-19(24)21-14-9-5-6-10-16(14)27-17/h2-10,15,17H,11-12H2,1H3,(H,21,24)(H,25,26). The van der Waals surface area contributed by atoms with Crippen molar-refractivity contribution in [2.24, 2.45) is 0 Å². The number of carboxylic acids is 1. The van der Waals surface area contributed by atoms with Gasteiger partial charge in [-0.1, -0.05) is 42.5 Å². The number of carbonyl (C=O) groups is 3. The van der Waals surface area contributed by atoms with Crippen LogP contribution in [0, 0.1) is 0 Å². The summed E-state index contributed by atoms with van der Waals surface area (Å²) in [5, 5.41) is 12.2. The van der Waals surface area contributed by atoms with Crippen LogP contribution in [0.4, 0.5) is 5.69 Å². The number of rotatable bonds is 6. The van der Waals surface area contributed by atoms with Crippen molar-refractivity contribution in [1.29, 1.82) is 0 Å². The zero-order valence-corrected chi connectivity index (χ0v) is 14.8. The molecule has 0 fully saturated rings. The number of benzene rings is 2. The number of carboxylic acid groups (broad SMARTS) is 1. The molecule has 2 unspecified atom stereocenters. The van der Waals surface area contributed by atoms with Crippen LogP contribution in [-0.2, 0) is 20.8 Å². The van der Waals surface area contributed by atoms with Crippen molar-refractivity contribution in [2.75, 3.05) is 12.4 Å². The first-order valence-corrected chi connectivity index (χ1v) is 8.54. The van der Waals surface area contributed by atoms with Gasteiger partial charge in [0.25, 0.3) is 5.91 Å². The van der Waals surface area contributed by atoms with Gasteiger partial charge in [-0.2, -0.15) is 0 Å². The fourth-order valence-corrected chi connectivity index (χ4v) is 2.93. The Labute approximate surface area is 156 Å². The summed E-state index contributed by atoms with van der Waals surface area (Å²) in [6.07, 6.45) is -1.06. The molecule has 2 aromatic rings. The topological polar surface area (TPSA) is 95.9 Å². The summed E-state index contributed by atoms with van der Waals surface area (Å²) >= 11 is 0. The minimum atomic E-state index is -1.10. The van der Waals surface area contributed by atoms with Gasteiger partial charge < -0.3 is 20.1 Å². The lowest BCUT2D eigenvalue weighted by Gasteiger charge is -2.29. The van der Waals surface area contributed by atoms with Crippen molar-refractivity contribution in [3.8, 4) is 5.75 Å². The van der Waals surface area contributed by atoms with Crippen molar-refractivity contribution in [3.63, 3.8) is 0 Å². The number of anilines is 1. The summed E-state index contributed by atoms with van der Waals surface area (Å²) in [5.74, 6) is -1.52. The zero-order valence-electron chi connectivity index (χ0n) is 14.8. The van der Waals surface area contributed by atoms with E-state index in [1.165, 1.54) is 7.05 Å². The van der Waals surface area contributed by atoms with Crippen molar-refractivity contribution < 1.29 is 24.2 Å². The highest BCUT2D eigenvalue weighted by Gasteiger charge is 2.33. The molecule has 0 saturated heterocycles. The first-order valence-electron chi connectivity index (χ1n) is 8.54. The van der Waals surface area contributed by atoms with Crippen LogP contribution >= 0.6 is 0 Å². The van der Waals surface area contributed by atoms with E-state index >= 15 is 0 Å². The van der Waals surface area contributed by atoms with Crippen LogP contribution in [0.3, 0.4) is 0 Å². The third-order valence-corrected chi connectivity index (χ3v) is 4.48. The lowest BCUT2D eigenvalue weighted by molar-refractivity contribution is -0.150. The van der Waals surface area contributed by atoms with Gasteiger partial charge in [-0.25, -0.2) is 4.79 Å². The van der Waals surface area contributed by atoms with Gasteiger partial charge in [0.1, 0.15) is 11.8 Å². The minimum Gasteiger partial charge on any atom is -0.480 e. The predicted octanol–water partition coefficient (Wildman–Crippen LogP) is 1.93. The minimum absolute atomic E-state index is 0.180. The van der Waals surface area contributed by atoms with Crippen LogP contribution in [0.1, 0.15) is 12.0 Å². The number of aliphatic carboxylic acids is 1. The smallest absolute Gasteiger partial charge is 0.326 e. The number of para-hydroxylation sites is 2. The molecule has 1 heterocycles. The van der Waals surface area contributed by atoms with Crippen LogP contribution in [0.5, 0.6) is 5.75 Å². The molecule has 2 N–H and O–H groups in total. The molecule has 1 aliphatic rings. The second kappa shape index (κ2) is 7.90. The van der Waals surface area contributed by atoms with Gasteiger partial charge in [0, 0.05) is 13.5 Å². The third-order valence-electron chi connectivity index (χ3n) is 4.48. The molecule has 2 atom stereocenters. The molecular weight excluding hydrogens is 348 g/mol. The van der Waals surface area contributed by atoms with E-state index in [4.69, 9.17) is 4.74 Å². The molecule has 7 heteroatoms. The number of likely N-dealkylation sites (N-methyl/N-ethyl adjacent to an activating group) is 1. The SMILES string of the molecule is CN(C(=O)CC1Oc2ccccc2NC1=O)C(Cc1ccccc1)C(=O)O. The average molecular weight is 368 g/mol. The molecule has 0 aliphatic carbocycles. The molecule has 0 radical (unpaired) electrons. The maximum Gasteiger partial charge on any atom is 0.326 e. The summed E-state index contributed by atoms with van der Waals surface area (Å²) in [6.45, 7) is 0. The normalized spacial score (nSPS) is 16.5. The zero-order chi connectivity index (χ0) is 19.4. The Bertz CT molecular complexity index is 852. The Kier molecular flexibility index (Phi) is 5.40. The van der Waals surface area contributed by atoms with Crippen molar-refractivity contribution in [1.82, 2.24) is 4.90 Å². The van der Waals surface area contributed by atoms with Gasteiger partial charge in [0.05, 0.1) is 12.1 Å². The molecule has 0 aromatic heterocycles. The largest absolute Gasteiger partial charge is 0.480 e. The van der Waals surface area contributed by atoms with E-state index < -0.39 is 29.9 Å². The number of ether oxygens (including phenoxy) is 1. The van der Waals surface area contributed by atoms with Gasteiger partial charge >= 0.3 is 5.97 Å². The van der Waals surface area contributed by atoms with E-state index in [0.29, 0.717) is 11.4 Å². The molecule has 1 aliphatic heterocycles. The van der Waals surface area contributed by atoms with Crippen LogP contribution in [-0.4, -0.2) is 47.0 Å². The molecule has 0 saturated carbocycles. The summed E-state index contributed by atoms with van der Waals surface area (Å²) in [4.78, 5) is 37.6. The fourth-order valence-electron chi connectivity index (χ4n) is 2.93. The van der Waals surface area contributed by atoms with Gasteiger partial charge in [-0.15, -0.1) is 0 Å². The molecular formula is C20H20N2O5. The molecule has 7 nitrogen and oxygen atoms in total. The maximum atomic E-state index is 12.6. The molecule has 140 valence electrons. The summed E-state index contributed by atoms with van der Waals surface area (Å²) in [5.41, 5.74) is 1.36. The number of nitrogens with one attached hydrogen (secondary N) is 1. The second-order valence-electron chi connectivity index (χ2n) is 6.34. The maximum absolute atomic E-state index is 12.6. The Morgan fingerprint density at radius 2 is 1.81 bits per heavy atom. The Morgan fingerprint density at radius 1 is 1.15 bits per heavy atom. The number of fused-ring (bicyclic) bond motifs is 1. The summed E-state index contributed by atoms with van der Waals surface area (Å²) in [7, 11) is 1.43. The monoisotopic (exact) mass is 368 g/mol.